The van der Waals surface area contributed by atoms with Crippen LogP contribution in [0, 0.1) is 0 Å². The third kappa shape index (κ3) is 5.21. The number of anilines is 2. The Kier molecular flexibility index (Phi) is 6.83. The van der Waals surface area contributed by atoms with E-state index in [0.29, 0.717) is 98.3 Å². The van der Waals surface area contributed by atoms with Crippen LogP contribution in [0.2, 0.25) is 0 Å². The van der Waals surface area contributed by atoms with E-state index in [9.17, 15) is 9.59 Å². The zero-order valence-electron chi connectivity index (χ0n) is 23.2. The lowest BCUT2D eigenvalue weighted by molar-refractivity contribution is 0.0592. The number of amides is 2. The van der Waals surface area contributed by atoms with Crippen LogP contribution in [0.1, 0.15) is 26.7 Å². The van der Waals surface area contributed by atoms with Crippen molar-refractivity contribution < 1.29 is 23.2 Å². The van der Waals surface area contributed by atoms with Gasteiger partial charge in [-0.25, -0.2) is 19.9 Å². The molecule has 0 unspecified atom stereocenters. The van der Waals surface area contributed by atoms with Gasteiger partial charge in [-0.1, -0.05) is 12.1 Å². The highest BCUT2D eigenvalue weighted by molar-refractivity contribution is 6.06. The molecule has 0 saturated carbocycles. The number of ether oxygens (including phenoxy) is 1. The molecule has 0 bridgehead atoms. The molecule has 4 aromatic heterocycles. The van der Waals surface area contributed by atoms with Gasteiger partial charge >= 0.3 is 0 Å². The molecule has 2 aliphatic rings. The normalized spacial score (nSPS) is 16.3. The summed E-state index contributed by atoms with van der Waals surface area (Å²) in [6.45, 7) is 5.43. The van der Waals surface area contributed by atoms with E-state index in [1.165, 1.54) is 0 Å². The van der Waals surface area contributed by atoms with Crippen LogP contribution in [-0.2, 0) is 11.3 Å². The van der Waals surface area contributed by atoms with Crippen molar-refractivity contribution in [3.63, 3.8) is 0 Å². The Hall–Kier alpha value is -5.08. The maximum absolute atomic E-state index is 13.2. The second-order valence-corrected chi connectivity index (χ2v) is 10.5. The number of hydrogen-bond donors (Lipinski definition) is 2. The van der Waals surface area contributed by atoms with Crippen molar-refractivity contribution in [3.8, 4) is 11.4 Å². The van der Waals surface area contributed by atoms with Gasteiger partial charge in [0, 0.05) is 63.1 Å². The number of benzene rings is 1. The summed E-state index contributed by atoms with van der Waals surface area (Å²) >= 11 is 0. The SMILES string of the molecule is NC(=O)c1cccc2cc(C(=O)N3CCN(Cc4cc5nc(-c6cnc(N)nc6)nc(N6CCOCC6)c5o4)CC3)oc12. The zero-order valence-corrected chi connectivity index (χ0v) is 23.2. The molecule has 0 spiro atoms. The van der Waals surface area contributed by atoms with E-state index >= 15 is 0 Å². The van der Waals surface area contributed by atoms with Crippen molar-refractivity contribution in [2.75, 3.05) is 63.1 Å². The van der Waals surface area contributed by atoms with Gasteiger partial charge in [0.05, 0.1) is 30.9 Å². The highest BCUT2D eigenvalue weighted by Crippen LogP contribution is 2.31. The summed E-state index contributed by atoms with van der Waals surface area (Å²) in [5, 5.41) is 0.662. The minimum atomic E-state index is -0.600. The number of nitrogens with two attached hydrogens (primary N) is 2. The summed E-state index contributed by atoms with van der Waals surface area (Å²) in [6.07, 6.45) is 3.22. The molecule has 2 saturated heterocycles. The molecule has 4 N–H and O–H groups in total. The number of furan rings is 2. The third-order valence-corrected chi connectivity index (χ3v) is 7.70. The summed E-state index contributed by atoms with van der Waals surface area (Å²) in [4.78, 5) is 48.9. The highest BCUT2D eigenvalue weighted by atomic mass is 16.5. The Bertz CT molecular complexity index is 1820. The lowest BCUT2D eigenvalue weighted by Crippen LogP contribution is -2.48. The van der Waals surface area contributed by atoms with Crippen molar-refractivity contribution >= 4 is 45.6 Å². The second kappa shape index (κ2) is 11.0. The van der Waals surface area contributed by atoms with Crippen LogP contribution in [0.3, 0.4) is 0 Å². The molecule has 220 valence electrons. The summed E-state index contributed by atoms with van der Waals surface area (Å²) in [5.41, 5.74) is 13.7. The van der Waals surface area contributed by atoms with Crippen LogP contribution in [0.5, 0.6) is 0 Å². The molecule has 2 aliphatic heterocycles. The van der Waals surface area contributed by atoms with Gasteiger partial charge in [0.1, 0.15) is 16.9 Å². The molecule has 5 aromatic rings. The number of carbonyl (C=O) groups excluding carboxylic acids is 2. The number of fused-ring (bicyclic) bond motifs is 2. The molecule has 0 atom stereocenters. The molecule has 1 aromatic carbocycles. The maximum atomic E-state index is 13.2. The summed E-state index contributed by atoms with van der Waals surface area (Å²) in [6, 6.07) is 8.68. The minimum absolute atomic E-state index is 0.181. The van der Waals surface area contributed by atoms with Gasteiger partial charge in [0.15, 0.2) is 23.0 Å². The predicted octanol–water partition coefficient (Wildman–Crippen LogP) is 1.90. The number of hydrogen-bond acceptors (Lipinski definition) is 12. The minimum Gasteiger partial charge on any atom is -0.454 e. The van der Waals surface area contributed by atoms with Gasteiger partial charge in [-0.05, 0) is 12.1 Å². The number of nitrogen functional groups attached to an aromatic ring is 1. The molecule has 14 heteroatoms. The van der Waals surface area contributed by atoms with Gasteiger partial charge in [0.25, 0.3) is 11.8 Å². The van der Waals surface area contributed by atoms with Crippen molar-refractivity contribution in [1.29, 1.82) is 0 Å². The quantitative estimate of drug-likeness (QED) is 0.296. The Morgan fingerprint density at radius 3 is 2.42 bits per heavy atom. The zero-order chi connectivity index (χ0) is 29.5. The van der Waals surface area contributed by atoms with E-state index in [1.54, 1.807) is 41.6 Å². The van der Waals surface area contributed by atoms with Crippen molar-refractivity contribution in [3.05, 3.63) is 59.8 Å². The summed E-state index contributed by atoms with van der Waals surface area (Å²) in [5.74, 6) is 1.48. The molecule has 2 amide bonds. The lowest BCUT2D eigenvalue weighted by Gasteiger charge is -2.33. The van der Waals surface area contributed by atoms with E-state index < -0.39 is 5.91 Å². The molecule has 7 rings (SSSR count). The fraction of sp³-hybridized carbons (Fsp3) is 0.310. The van der Waals surface area contributed by atoms with Crippen molar-refractivity contribution in [1.82, 2.24) is 29.7 Å². The average molecular weight is 584 g/mol. The van der Waals surface area contributed by atoms with E-state index in [-0.39, 0.29) is 23.2 Å². The van der Waals surface area contributed by atoms with Crippen LogP contribution in [0.25, 0.3) is 33.5 Å². The van der Waals surface area contributed by atoms with Gasteiger partial charge in [-0.3, -0.25) is 14.5 Å². The topological polar surface area (TPSA) is 183 Å². The first-order chi connectivity index (χ1) is 20.9. The molecular formula is C29H29N9O5. The first-order valence-electron chi connectivity index (χ1n) is 14.0. The Labute approximate surface area is 245 Å². The Morgan fingerprint density at radius 2 is 1.67 bits per heavy atom. The first-order valence-corrected chi connectivity index (χ1v) is 14.0. The molecule has 14 nitrogen and oxygen atoms in total. The van der Waals surface area contributed by atoms with Crippen molar-refractivity contribution in [2.24, 2.45) is 5.73 Å². The third-order valence-electron chi connectivity index (χ3n) is 7.70. The van der Waals surface area contributed by atoms with Crippen LogP contribution in [-0.4, -0.2) is 94.0 Å². The molecule has 0 radical (unpaired) electrons. The largest absolute Gasteiger partial charge is 0.454 e. The van der Waals surface area contributed by atoms with E-state index in [0.717, 1.165) is 5.76 Å². The average Bonchev–Trinajstić information content (AvgIpc) is 3.65. The van der Waals surface area contributed by atoms with Gasteiger partial charge in [-0.15, -0.1) is 0 Å². The molecular weight excluding hydrogens is 554 g/mol. The fourth-order valence-electron chi connectivity index (χ4n) is 5.46. The smallest absolute Gasteiger partial charge is 0.289 e. The monoisotopic (exact) mass is 583 g/mol. The summed E-state index contributed by atoms with van der Waals surface area (Å²) < 4.78 is 17.7. The maximum Gasteiger partial charge on any atom is 0.289 e. The van der Waals surface area contributed by atoms with Crippen LogP contribution in [0.4, 0.5) is 11.8 Å². The van der Waals surface area contributed by atoms with Gasteiger partial charge in [-0.2, -0.15) is 0 Å². The van der Waals surface area contributed by atoms with Gasteiger partial charge in [0.2, 0.25) is 5.95 Å². The molecule has 0 aliphatic carbocycles. The van der Waals surface area contributed by atoms with Crippen LogP contribution in [0.15, 0.2) is 51.6 Å². The number of para-hydroxylation sites is 1. The number of rotatable bonds is 6. The molecule has 43 heavy (non-hydrogen) atoms. The highest BCUT2D eigenvalue weighted by Gasteiger charge is 2.27. The number of aromatic nitrogens is 4. The lowest BCUT2D eigenvalue weighted by atomic mass is 10.1. The predicted molar refractivity (Wildman–Crippen MR) is 156 cm³/mol. The number of primary amides is 1. The number of piperazine rings is 1. The Morgan fingerprint density at radius 1 is 0.907 bits per heavy atom. The van der Waals surface area contributed by atoms with Gasteiger partial charge < -0.3 is 34.8 Å². The Balaban J connectivity index is 1.08. The van der Waals surface area contributed by atoms with Crippen LogP contribution >= 0.6 is 0 Å². The van der Waals surface area contributed by atoms with E-state index in [2.05, 4.69) is 19.8 Å². The number of nitrogens with zero attached hydrogens (tertiary/aromatic N) is 7. The van der Waals surface area contributed by atoms with Crippen LogP contribution < -0.4 is 16.4 Å². The second-order valence-electron chi connectivity index (χ2n) is 10.5. The molecule has 2 fully saturated rings. The fourth-order valence-corrected chi connectivity index (χ4v) is 5.46. The van der Waals surface area contributed by atoms with E-state index in [4.69, 9.17) is 35.0 Å². The van der Waals surface area contributed by atoms with E-state index in [1.807, 2.05) is 6.07 Å². The summed E-state index contributed by atoms with van der Waals surface area (Å²) in [7, 11) is 0. The first kappa shape index (κ1) is 26.8. The number of morpholine rings is 1. The standard InChI is InChI=1S/C29H29N9O5/c30-25(39)20-3-1-2-17-12-22(43-23(17)20)28(40)38-6-4-36(5-7-38)16-19-13-21-24(42-19)27(37-8-10-41-11-9-37)35-26(34-21)18-14-32-29(31)33-15-18/h1-3,12-15H,4-11,16H2,(H2,30,39)(H2,31,32,33). The number of carbonyl (C=O) groups is 2. The molecule has 6 heterocycles. The van der Waals surface area contributed by atoms with Crippen molar-refractivity contribution in [2.45, 2.75) is 6.54 Å².